The van der Waals surface area contributed by atoms with Crippen LogP contribution in [-0.4, -0.2) is 40.3 Å². The van der Waals surface area contributed by atoms with Crippen molar-refractivity contribution in [1.82, 2.24) is 14.9 Å². The Hall–Kier alpha value is -3.55. The number of hydrogen-bond donors (Lipinski definition) is 1. The molecule has 0 aliphatic carbocycles. The zero-order valence-electron chi connectivity index (χ0n) is 16.7. The van der Waals surface area contributed by atoms with Gasteiger partial charge in [0.2, 0.25) is 11.8 Å². The molecule has 0 bridgehead atoms. The lowest BCUT2D eigenvalue weighted by atomic mass is 10.1. The number of carbonyl (C=O) groups is 2. The molecule has 0 radical (unpaired) electrons. The molecule has 4 rings (SSSR count). The second-order valence-corrected chi connectivity index (χ2v) is 7.56. The number of halogens is 1. The zero-order chi connectivity index (χ0) is 21.4. The van der Waals surface area contributed by atoms with Crippen LogP contribution in [0.25, 0.3) is 10.9 Å². The summed E-state index contributed by atoms with van der Waals surface area (Å²) in [5.41, 5.74) is 1.23. The lowest BCUT2D eigenvalue weighted by Crippen LogP contribution is -2.35. The number of rotatable bonds is 4. The van der Waals surface area contributed by atoms with E-state index in [-0.39, 0.29) is 36.9 Å². The monoisotopic (exact) mass is 408 g/mol. The summed E-state index contributed by atoms with van der Waals surface area (Å²) < 4.78 is 13.9. The van der Waals surface area contributed by atoms with E-state index >= 15 is 0 Å². The van der Waals surface area contributed by atoms with Crippen molar-refractivity contribution in [1.29, 1.82) is 0 Å². The van der Waals surface area contributed by atoms with Gasteiger partial charge in [0, 0.05) is 25.7 Å². The Morgan fingerprint density at radius 3 is 2.80 bits per heavy atom. The predicted molar refractivity (Wildman–Crippen MR) is 110 cm³/mol. The molecular formula is C22H21FN4O3. The van der Waals surface area contributed by atoms with Crippen molar-refractivity contribution < 1.29 is 14.0 Å². The third-order valence-electron chi connectivity index (χ3n) is 5.37. The number of benzene rings is 2. The van der Waals surface area contributed by atoms with Crippen LogP contribution < -0.4 is 10.5 Å². The quantitative estimate of drug-likeness (QED) is 0.718. The lowest BCUT2D eigenvalue weighted by molar-refractivity contribution is -0.135. The molecule has 2 aromatic carbocycles. The van der Waals surface area contributed by atoms with E-state index in [2.05, 4.69) is 9.97 Å². The van der Waals surface area contributed by atoms with Gasteiger partial charge in [0.1, 0.15) is 11.6 Å². The Balaban J connectivity index is 1.48. The maximum Gasteiger partial charge on any atom is 0.258 e. The molecule has 1 atom stereocenters. The molecule has 1 fully saturated rings. The molecule has 3 aromatic rings. The minimum Gasteiger partial charge on any atom is -0.338 e. The minimum absolute atomic E-state index is 0.0559. The van der Waals surface area contributed by atoms with Gasteiger partial charge in [-0.2, -0.15) is 0 Å². The van der Waals surface area contributed by atoms with Crippen LogP contribution in [0.1, 0.15) is 17.8 Å². The summed E-state index contributed by atoms with van der Waals surface area (Å²) >= 11 is 0. The van der Waals surface area contributed by atoms with Gasteiger partial charge in [-0.15, -0.1) is 0 Å². The molecule has 1 saturated heterocycles. The predicted octanol–water partition coefficient (Wildman–Crippen LogP) is 2.38. The Labute approximate surface area is 172 Å². The summed E-state index contributed by atoms with van der Waals surface area (Å²) in [5, 5.41) is 0.484. The number of carbonyl (C=O) groups excluding carboxylic acids is 2. The Kier molecular flexibility index (Phi) is 5.07. The number of amides is 2. The Morgan fingerprint density at radius 1 is 1.27 bits per heavy atom. The number of aromatic nitrogens is 2. The van der Waals surface area contributed by atoms with Crippen molar-refractivity contribution in [2.45, 2.75) is 19.9 Å². The molecule has 0 unspecified atom stereocenters. The summed E-state index contributed by atoms with van der Waals surface area (Å²) in [7, 11) is 1.61. The standard InChI is InChI=1S/C22H21FN4O3/c1-13-7-8-15(10-17(13)23)27-11-14(9-20(27)28)22(30)26(2)12-19-24-18-6-4-3-5-16(18)21(29)25-19/h3-8,10,14H,9,11-12H2,1-2H3,(H,24,25,29)/t14-/m1/s1. The minimum atomic E-state index is -0.543. The van der Waals surface area contributed by atoms with E-state index in [1.54, 1.807) is 50.4 Å². The summed E-state index contributed by atoms with van der Waals surface area (Å²) in [5.74, 6) is -1.01. The van der Waals surface area contributed by atoms with E-state index in [0.717, 1.165) is 0 Å². The maximum absolute atomic E-state index is 13.9. The first-order valence-electron chi connectivity index (χ1n) is 9.63. The fourth-order valence-electron chi connectivity index (χ4n) is 3.70. The van der Waals surface area contributed by atoms with Crippen LogP contribution in [0.15, 0.2) is 47.3 Å². The van der Waals surface area contributed by atoms with Crippen LogP contribution in [0.3, 0.4) is 0 Å². The Morgan fingerprint density at radius 2 is 2.03 bits per heavy atom. The molecule has 30 heavy (non-hydrogen) atoms. The maximum atomic E-state index is 13.9. The van der Waals surface area contributed by atoms with Crippen LogP contribution in [-0.2, 0) is 16.1 Å². The molecule has 1 aliphatic rings. The van der Waals surface area contributed by atoms with Gasteiger partial charge >= 0.3 is 0 Å². The number of aryl methyl sites for hydroxylation is 1. The van der Waals surface area contributed by atoms with Crippen LogP contribution in [0.2, 0.25) is 0 Å². The second-order valence-electron chi connectivity index (χ2n) is 7.56. The summed E-state index contributed by atoms with van der Waals surface area (Å²) in [6.07, 6.45) is 0.0559. The summed E-state index contributed by atoms with van der Waals surface area (Å²) in [6.45, 7) is 1.95. The van der Waals surface area contributed by atoms with Crippen LogP contribution in [0.5, 0.6) is 0 Å². The van der Waals surface area contributed by atoms with E-state index in [1.165, 1.54) is 15.9 Å². The highest BCUT2D eigenvalue weighted by Gasteiger charge is 2.36. The Bertz CT molecular complexity index is 1210. The molecule has 0 spiro atoms. The third-order valence-corrected chi connectivity index (χ3v) is 5.37. The van der Waals surface area contributed by atoms with E-state index < -0.39 is 11.7 Å². The van der Waals surface area contributed by atoms with Crippen molar-refractivity contribution in [3.63, 3.8) is 0 Å². The fraction of sp³-hybridized carbons (Fsp3) is 0.273. The number of hydrogen-bond acceptors (Lipinski definition) is 4. The van der Waals surface area contributed by atoms with Crippen molar-refractivity contribution in [2.75, 3.05) is 18.5 Å². The van der Waals surface area contributed by atoms with Gasteiger partial charge < -0.3 is 14.8 Å². The van der Waals surface area contributed by atoms with E-state index in [1.807, 2.05) is 0 Å². The highest BCUT2D eigenvalue weighted by molar-refractivity contribution is 6.00. The first-order chi connectivity index (χ1) is 14.3. The molecule has 8 heteroatoms. The van der Waals surface area contributed by atoms with Crippen LogP contribution in [0, 0.1) is 18.7 Å². The molecule has 1 aliphatic heterocycles. The molecule has 0 saturated carbocycles. The highest BCUT2D eigenvalue weighted by atomic mass is 19.1. The highest BCUT2D eigenvalue weighted by Crippen LogP contribution is 2.27. The molecule has 7 nitrogen and oxygen atoms in total. The SMILES string of the molecule is Cc1ccc(N2C[C@H](C(=O)N(C)Cc3nc4ccccc4c(=O)[nH]3)CC2=O)cc1F. The average Bonchev–Trinajstić information content (AvgIpc) is 3.11. The first-order valence-corrected chi connectivity index (χ1v) is 9.63. The lowest BCUT2D eigenvalue weighted by Gasteiger charge is -2.21. The van der Waals surface area contributed by atoms with E-state index in [9.17, 15) is 18.8 Å². The number of anilines is 1. The summed E-state index contributed by atoms with van der Waals surface area (Å²) in [4.78, 5) is 47.5. The smallest absolute Gasteiger partial charge is 0.258 e. The zero-order valence-corrected chi connectivity index (χ0v) is 16.7. The van der Waals surface area contributed by atoms with Gasteiger partial charge in [0.05, 0.1) is 23.4 Å². The van der Waals surface area contributed by atoms with Crippen molar-refractivity contribution >= 4 is 28.4 Å². The third kappa shape index (κ3) is 3.68. The van der Waals surface area contributed by atoms with Gasteiger partial charge in [0.15, 0.2) is 0 Å². The van der Waals surface area contributed by atoms with Crippen molar-refractivity contribution in [2.24, 2.45) is 5.92 Å². The largest absolute Gasteiger partial charge is 0.338 e. The molecule has 1 aromatic heterocycles. The van der Waals surface area contributed by atoms with Gasteiger partial charge in [-0.25, -0.2) is 9.37 Å². The number of fused-ring (bicyclic) bond motifs is 1. The molecular weight excluding hydrogens is 387 g/mol. The van der Waals surface area contributed by atoms with E-state index in [0.29, 0.717) is 28.0 Å². The number of para-hydroxylation sites is 1. The molecule has 2 heterocycles. The number of H-pyrrole nitrogens is 1. The van der Waals surface area contributed by atoms with Crippen molar-refractivity contribution in [3.05, 3.63) is 70.0 Å². The number of aromatic amines is 1. The molecule has 1 N–H and O–H groups in total. The van der Waals surface area contributed by atoms with Crippen LogP contribution >= 0.6 is 0 Å². The normalized spacial score (nSPS) is 16.3. The molecule has 154 valence electrons. The van der Waals surface area contributed by atoms with Crippen molar-refractivity contribution in [3.8, 4) is 0 Å². The molecule has 2 amide bonds. The number of nitrogens with one attached hydrogen (secondary N) is 1. The van der Waals surface area contributed by atoms with Gasteiger partial charge in [0.25, 0.3) is 5.56 Å². The van der Waals surface area contributed by atoms with Gasteiger partial charge in [-0.05, 0) is 36.8 Å². The average molecular weight is 408 g/mol. The van der Waals surface area contributed by atoms with Gasteiger partial charge in [-0.1, -0.05) is 18.2 Å². The fourth-order valence-corrected chi connectivity index (χ4v) is 3.70. The van der Waals surface area contributed by atoms with Gasteiger partial charge in [-0.3, -0.25) is 14.4 Å². The topological polar surface area (TPSA) is 86.4 Å². The summed E-state index contributed by atoms with van der Waals surface area (Å²) in [6, 6.07) is 11.6. The van der Waals surface area contributed by atoms with E-state index in [4.69, 9.17) is 0 Å². The number of nitrogens with zero attached hydrogens (tertiary/aromatic N) is 3. The first kappa shape index (κ1) is 19.8. The van der Waals surface area contributed by atoms with Crippen LogP contribution in [0.4, 0.5) is 10.1 Å². The second kappa shape index (κ2) is 7.70.